The van der Waals surface area contributed by atoms with Gasteiger partial charge in [0.05, 0.1) is 18.6 Å². The van der Waals surface area contributed by atoms with Gasteiger partial charge in [0.2, 0.25) is 11.2 Å². The molecule has 0 amide bonds. The van der Waals surface area contributed by atoms with Crippen LogP contribution in [0.4, 0.5) is 0 Å². The molecule has 0 radical (unpaired) electrons. The second kappa shape index (κ2) is 8.34. The summed E-state index contributed by atoms with van der Waals surface area (Å²) in [6, 6.07) is 7.23. The van der Waals surface area contributed by atoms with Crippen LogP contribution in [0, 0.1) is 0 Å². The van der Waals surface area contributed by atoms with Crippen LogP contribution in [0.3, 0.4) is 0 Å². The summed E-state index contributed by atoms with van der Waals surface area (Å²) in [4.78, 5) is 23.2. The number of carbonyl (C=O) groups is 1. The van der Waals surface area contributed by atoms with E-state index in [1.807, 2.05) is 0 Å². The molecule has 2 N–H and O–H groups in total. The van der Waals surface area contributed by atoms with E-state index in [2.05, 4.69) is 0 Å². The van der Waals surface area contributed by atoms with Crippen LogP contribution in [-0.2, 0) is 4.79 Å². The molecule has 27 heavy (non-hydrogen) atoms. The van der Waals surface area contributed by atoms with Crippen LogP contribution < -0.4 is 49.6 Å². The number of ether oxygens (including phenoxy) is 2. The molecule has 0 saturated carbocycles. The van der Waals surface area contributed by atoms with Crippen molar-refractivity contribution in [1.82, 2.24) is 0 Å². The van der Waals surface area contributed by atoms with E-state index in [1.165, 1.54) is 43.7 Å². The Bertz CT molecular complexity index is 1040. The van der Waals surface area contributed by atoms with Crippen LogP contribution in [0.5, 0.6) is 23.0 Å². The SMILES string of the molecule is COc1c(O)cc2occ(-c3ccc(OCC(=O)[O-])cc3)c(=O)c2c1O.[Na+]. The predicted molar refractivity (Wildman–Crippen MR) is 88.3 cm³/mol. The summed E-state index contributed by atoms with van der Waals surface area (Å²) in [5, 5.41) is 30.3. The first-order valence-electron chi connectivity index (χ1n) is 7.40. The molecule has 0 bridgehead atoms. The van der Waals surface area contributed by atoms with Crippen LogP contribution in [0.1, 0.15) is 0 Å². The Morgan fingerprint density at radius 1 is 1.22 bits per heavy atom. The van der Waals surface area contributed by atoms with Crippen LogP contribution in [0.2, 0.25) is 0 Å². The number of carboxylic acids is 1. The van der Waals surface area contributed by atoms with Crippen molar-refractivity contribution >= 4 is 16.9 Å². The molecule has 0 saturated heterocycles. The summed E-state index contributed by atoms with van der Waals surface area (Å²) in [5.74, 6) is -2.17. The molecule has 0 atom stereocenters. The number of phenols is 2. The summed E-state index contributed by atoms with van der Waals surface area (Å²) in [6.45, 7) is -0.589. The van der Waals surface area contributed by atoms with Crippen LogP contribution in [-0.4, -0.2) is 29.9 Å². The van der Waals surface area contributed by atoms with Crippen LogP contribution >= 0.6 is 0 Å². The number of benzene rings is 2. The summed E-state index contributed by atoms with van der Waals surface area (Å²) in [5.41, 5.74) is 0.105. The minimum Gasteiger partial charge on any atom is -0.546 e. The number of hydrogen-bond donors (Lipinski definition) is 2. The molecular formula is C18H13NaO8. The zero-order chi connectivity index (χ0) is 18.8. The predicted octanol–water partition coefficient (Wildman–Crippen LogP) is -1.99. The van der Waals surface area contributed by atoms with Gasteiger partial charge in [0.1, 0.15) is 29.6 Å². The van der Waals surface area contributed by atoms with E-state index >= 15 is 0 Å². The number of carboxylic acid groups (broad SMARTS) is 1. The van der Waals surface area contributed by atoms with E-state index in [-0.39, 0.29) is 63.3 Å². The molecule has 134 valence electrons. The summed E-state index contributed by atoms with van der Waals surface area (Å²) < 4.78 is 15.2. The smallest absolute Gasteiger partial charge is 0.546 e. The van der Waals surface area contributed by atoms with Crippen molar-refractivity contribution in [3.05, 3.63) is 46.8 Å². The number of carbonyl (C=O) groups excluding carboxylic acids is 1. The van der Waals surface area contributed by atoms with Crippen molar-refractivity contribution < 1.29 is 63.6 Å². The molecule has 2 aromatic carbocycles. The zero-order valence-electron chi connectivity index (χ0n) is 14.5. The van der Waals surface area contributed by atoms with Crippen molar-refractivity contribution in [2.75, 3.05) is 13.7 Å². The third-order valence-corrected chi connectivity index (χ3v) is 3.70. The number of aliphatic carboxylic acids is 1. The van der Waals surface area contributed by atoms with Gasteiger partial charge >= 0.3 is 29.6 Å². The topological polar surface area (TPSA) is 129 Å². The maximum absolute atomic E-state index is 12.8. The zero-order valence-corrected chi connectivity index (χ0v) is 16.5. The number of rotatable bonds is 5. The van der Waals surface area contributed by atoms with Crippen LogP contribution in [0.25, 0.3) is 22.1 Å². The van der Waals surface area contributed by atoms with Gasteiger partial charge in [0.25, 0.3) is 0 Å². The Labute approximate surface area is 174 Å². The van der Waals surface area contributed by atoms with E-state index in [0.717, 1.165) is 0 Å². The van der Waals surface area contributed by atoms with Gasteiger partial charge in [-0.2, -0.15) is 0 Å². The first-order chi connectivity index (χ1) is 12.4. The first-order valence-corrected chi connectivity index (χ1v) is 7.40. The summed E-state index contributed by atoms with van der Waals surface area (Å²) in [6.07, 6.45) is 1.20. The van der Waals surface area contributed by atoms with E-state index < -0.39 is 23.8 Å². The van der Waals surface area contributed by atoms with Crippen molar-refractivity contribution in [1.29, 1.82) is 0 Å². The molecule has 3 aromatic rings. The molecule has 0 aliphatic carbocycles. The molecular weight excluding hydrogens is 367 g/mol. The molecule has 0 aliphatic rings. The monoisotopic (exact) mass is 380 g/mol. The average Bonchev–Trinajstić information content (AvgIpc) is 2.61. The van der Waals surface area contributed by atoms with Gasteiger partial charge in [0, 0.05) is 6.07 Å². The first kappa shape index (κ1) is 20.6. The summed E-state index contributed by atoms with van der Waals surface area (Å²) in [7, 11) is 1.25. The average molecular weight is 380 g/mol. The molecule has 1 heterocycles. The Balaban J connectivity index is 0.00000261. The standard InChI is InChI=1S/C18H14O8.Na/c1-24-18-12(19)6-13-15(17(18)23)16(22)11(7-26-13)9-2-4-10(5-3-9)25-8-14(20)21;/h2-7,19,23H,8H2,1H3,(H,20,21);/q;+1/p-1. The van der Waals surface area contributed by atoms with Gasteiger partial charge in [-0.05, 0) is 17.7 Å². The fourth-order valence-electron chi connectivity index (χ4n) is 2.51. The van der Waals surface area contributed by atoms with Gasteiger partial charge in [0.15, 0.2) is 11.5 Å². The maximum atomic E-state index is 12.8. The minimum absolute atomic E-state index is 0. The van der Waals surface area contributed by atoms with Crippen LogP contribution in [0.15, 0.2) is 45.8 Å². The maximum Gasteiger partial charge on any atom is 1.00 e. The molecule has 0 fully saturated rings. The van der Waals surface area contributed by atoms with Crippen molar-refractivity contribution in [2.24, 2.45) is 0 Å². The van der Waals surface area contributed by atoms with E-state index in [9.17, 15) is 24.9 Å². The second-order valence-corrected chi connectivity index (χ2v) is 5.31. The fraction of sp³-hybridized carbons (Fsp3) is 0.111. The Morgan fingerprint density at radius 3 is 2.48 bits per heavy atom. The Hall–Kier alpha value is -2.68. The molecule has 0 unspecified atom stereocenters. The summed E-state index contributed by atoms with van der Waals surface area (Å²) >= 11 is 0. The van der Waals surface area contributed by atoms with Gasteiger partial charge in [-0.3, -0.25) is 4.79 Å². The normalized spacial score (nSPS) is 10.3. The van der Waals surface area contributed by atoms with E-state index in [1.54, 1.807) is 0 Å². The van der Waals surface area contributed by atoms with Crippen molar-refractivity contribution in [2.45, 2.75) is 0 Å². The number of aromatic hydroxyl groups is 2. The van der Waals surface area contributed by atoms with Crippen molar-refractivity contribution in [3.8, 4) is 34.1 Å². The van der Waals surface area contributed by atoms with Crippen molar-refractivity contribution in [3.63, 3.8) is 0 Å². The molecule has 8 nitrogen and oxygen atoms in total. The van der Waals surface area contributed by atoms with E-state index in [0.29, 0.717) is 5.56 Å². The number of fused-ring (bicyclic) bond motifs is 1. The molecule has 1 aromatic heterocycles. The Kier molecular flexibility index (Phi) is 6.37. The second-order valence-electron chi connectivity index (χ2n) is 5.31. The molecule has 0 spiro atoms. The molecule has 3 rings (SSSR count). The van der Waals surface area contributed by atoms with Gasteiger partial charge in [-0.15, -0.1) is 0 Å². The van der Waals surface area contributed by atoms with Gasteiger partial charge < -0.3 is 34.0 Å². The quantitative estimate of drug-likeness (QED) is 0.487. The number of methoxy groups -OCH3 is 1. The fourth-order valence-corrected chi connectivity index (χ4v) is 2.51. The van der Waals surface area contributed by atoms with Gasteiger partial charge in [-0.25, -0.2) is 0 Å². The largest absolute Gasteiger partial charge is 1.00 e. The molecule has 0 aliphatic heterocycles. The number of hydrogen-bond acceptors (Lipinski definition) is 8. The third-order valence-electron chi connectivity index (χ3n) is 3.70. The number of phenolic OH excluding ortho intramolecular Hbond substituents is 2. The Morgan fingerprint density at radius 2 is 1.89 bits per heavy atom. The van der Waals surface area contributed by atoms with E-state index in [4.69, 9.17) is 13.9 Å². The van der Waals surface area contributed by atoms with Gasteiger partial charge in [-0.1, -0.05) is 12.1 Å². The third kappa shape index (κ3) is 4.02. The molecule has 9 heteroatoms. The minimum atomic E-state index is -1.35.